The number of thiophene rings is 1. The molecule has 0 aliphatic carbocycles. The summed E-state index contributed by atoms with van der Waals surface area (Å²) < 4.78 is 0. The van der Waals surface area contributed by atoms with Crippen molar-refractivity contribution in [2.75, 3.05) is 40.3 Å². The lowest BCUT2D eigenvalue weighted by atomic mass is 10.1. The third-order valence-corrected chi connectivity index (χ3v) is 6.25. The van der Waals surface area contributed by atoms with E-state index in [1.165, 1.54) is 41.9 Å². The number of rotatable bonds is 9. The molecule has 1 aromatic heterocycles. The van der Waals surface area contributed by atoms with Crippen LogP contribution in [-0.2, 0) is 13.1 Å². The van der Waals surface area contributed by atoms with E-state index in [9.17, 15) is 0 Å². The standard InChI is InChI=1S/C23H35N5S/c1-4-24-23(25-16-19-10-5-6-11-20(19)18-27(2)3)26-17-21(22-12-9-15-29-22)28-13-7-8-14-28/h5-6,9-12,15,21H,4,7-8,13-14,16-18H2,1-3H3,(H2,24,25,26). The van der Waals surface area contributed by atoms with Crippen LogP contribution in [0.15, 0.2) is 46.8 Å². The van der Waals surface area contributed by atoms with E-state index in [0.717, 1.165) is 25.6 Å². The summed E-state index contributed by atoms with van der Waals surface area (Å²) in [5, 5.41) is 9.21. The smallest absolute Gasteiger partial charge is 0.191 e. The van der Waals surface area contributed by atoms with Gasteiger partial charge in [0, 0.05) is 24.5 Å². The molecule has 1 unspecified atom stereocenters. The van der Waals surface area contributed by atoms with Gasteiger partial charge in [-0.25, -0.2) is 4.99 Å². The Morgan fingerprint density at radius 2 is 1.86 bits per heavy atom. The molecule has 0 spiro atoms. The van der Waals surface area contributed by atoms with Crippen LogP contribution in [-0.4, -0.2) is 56.0 Å². The topological polar surface area (TPSA) is 42.9 Å². The average molecular weight is 414 g/mol. The summed E-state index contributed by atoms with van der Waals surface area (Å²) in [6.07, 6.45) is 2.61. The Balaban J connectivity index is 1.67. The lowest BCUT2D eigenvalue weighted by Crippen LogP contribution is -2.42. The Morgan fingerprint density at radius 1 is 1.10 bits per heavy atom. The quantitative estimate of drug-likeness (QED) is 0.486. The summed E-state index contributed by atoms with van der Waals surface area (Å²) >= 11 is 1.85. The Hall–Kier alpha value is -1.89. The van der Waals surface area contributed by atoms with Crippen LogP contribution < -0.4 is 10.6 Å². The Bertz CT molecular complexity index is 750. The van der Waals surface area contributed by atoms with Gasteiger partial charge < -0.3 is 15.5 Å². The normalized spacial score (nSPS) is 16.3. The van der Waals surface area contributed by atoms with Gasteiger partial charge in [-0.05, 0) is 69.5 Å². The van der Waals surface area contributed by atoms with Crippen LogP contribution >= 0.6 is 11.3 Å². The van der Waals surface area contributed by atoms with E-state index in [1.54, 1.807) is 0 Å². The maximum atomic E-state index is 4.89. The summed E-state index contributed by atoms with van der Waals surface area (Å²) in [6, 6.07) is 13.4. The van der Waals surface area contributed by atoms with E-state index in [4.69, 9.17) is 4.99 Å². The van der Waals surface area contributed by atoms with E-state index in [1.807, 2.05) is 11.3 Å². The molecule has 3 rings (SSSR count). The SMILES string of the molecule is CCNC(=NCc1ccccc1CN(C)C)NCC(c1cccs1)N1CCCC1. The summed E-state index contributed by atoms with van der Waals surface area (Å²) in [6.45, 7) is 7.86. The zero-order valence-electron chi connectivity index (χ0n) is 18.0. The Morgan fingerprint density at radius 3 is 2.52 bits per heavy atom. The fourth-order valence-electron chi connectivity index (χ4n) is 3.85. The number of likely N-dealkylation sites (tertiary alicyclic amines) is 1. The fraction of sp³-hybridized carbons (Fsp3) is 0.522. The van der Waals surface area contributed by atoms with E-state index < -0.39 is 0 Å². The number of hydrogen-bond acceptors (Lipinski definition) is 4. The molecule has 0 bridgehead atoms. The molecule has 158 valence electrons. The van der Waals surface area contributed by atoms with E-state index in [2.05, 4.69) is 83.2 Å². The molecule has 6 heteroatoms. The van der Waals surface area contributed by atoms with Gasteiger partial charge in [0.25, 0.3) is 0 Å². The highest BCUT2D eigenvalue weighted by Gasteiger charge is 2.24. The highest BCUT2D eigenvalue weighted by Crippen LogP contribution is 2.27. The lowest BCUT2D eigenvalue weighted by Gasteiger charge is -2.27. The minimum Gasteiger partial charge on any atom is -0.357 e. The van der Waals surface area contributed by atoms with Gasteiger partial charge in [0.05, 0.1) is 12.6 Å². The maximum Gasteiger partial charge on any atom is 0.191 e. The zero-order valence-corrected chi connectivity index (χ0v) is 18.8. The van der Waals surface area contributed by atoms with Crippen molar-refractivity contribution in [3.63, 3.8) is 0 Å². The number of nitrogens with one attached hydrogen (secondary N) is 2. The number of hydrogen-bond donors (Lipinski definition) is 2. The van der Waals surface area contributed by atoms with E-state index in [-0.39, 0.29) is 0 Å². The summed E-state index contributed by atoms with van der Waals surface area (Å²) in [4.78, 5) is 11.1. The predicted molar refractivity (Wildman–Crippen MR) is 125 cm³/mol. The van der Waals surface area contributed by atoms with Gasteiger partial charge in [-0.2, -0.15) is 0 Å². The maximum absolute atomic E-state index is 4.89. The number of nitrogens with zero attached hydrogens (tertiary/aromatic N) is 3. The van der Waals surface area contributed by atoms with Crippen molar-refractivity contribution in [2.24, 2.45) is 4.99 Å². The van der Waals surface area contributed by atoms with E-state index in [0.29, 0.717) is 12.6 Å². The van der Waals surface area contributed by atoms with Gasteiger partial charge in [0.1, 0.15) is 0 Å². The summed E-state index contributed by atoms with van der Waals surface area (Å²) in [5.41, 5.74) is 2.62. The van der Waals surface area contributed by atoms with Gasteiger partial charge in [-0.1, -0.05) is 30.3 Å². The zero-order chi connectivity index (χ0) is 20.5. The molecule has 0 radical (unpaired) electrons. The highest BCUT2D eigenvalue weighted by atomic mass is 32.1. The summed E-state index contributed by atoms with van der Waals surface area (Å²) in [7, 11) is 4.21. The summed E-state index contributed by atoms with van der Waals surface area (Å²) in [5.74, 6) is 0.896. The minimum atomic E-state index is 0.419. The molecule has 1 aromatic carbocycles. The molecule has 0 saturated carbocycles. The molecule has 1 atom stereocenters. The van der Waals surface area contributed by atoms with Crippen molar-refractivity contribution in [1.29, 1.82) is 0 Å². The molecular weight excluding hydrogens is 378 g/mol. The van der Waals surface area contributed by atoms with E-state index >= 15 is 0 Å². The van der Waals surface area contributed by atoms with Crippen molar-refractivity contribution < 1.29 is 0 Å². The molecular formula is C23H35N5S. The van der Waals surface area contributed by atoms with Gasteiger partial charge in [-0.15, -0.1) is 11.3 Å². The number of benzene rings is 1. The van der Waals surface area contributed by atoms with Crippen LogP contribution in [0.25, 0.3) is 0 Å². The predicted octanol–water partition coefficient (Wildman–Crippen LogP) is 3.70. The molecule has 1 saturated heterocycles. The number of guanidine groups is 1. The van der Waals surface area contributed by atoms with Gasteiger partial charge >= 0.3 is 0 Å². The second kappa shape index (κ2) is 11.3. The first-order valence-electron chi connectivity index (χ1n) is 10.7. The minimum absolute atomic E-state index is 0.419. The molecule has 1 aliphatic heterocycles. The molecule has 5 nitrogen and oxygen atoms in total. The van der Waals surface area contributed by atoms with Crippen LogP contribution in [0.5, 0.6) is 0 Å². The molecule has 2 heterocycles. The second-order valence-electron chi connectivity index (χ2n) is 7.86. The van der Waals surface area contributed by atoms with Gasteiger partial charge in [-0.3, -0.25) is 4.90 Å². The highest BCUT2D eigenvalue weighted by molar-refractivity contribution is 7.10. The first kappa shape index (κ1) is 21.8. The molecule has 1 aliphatic rings. The van der Waals surface area contributed by atoms with Crippen LogP contribution in [0, 0.1) is 0 Å². The van der Waals surface area contributed by atoms with Crippen LogP contribution in [0.4, 0.5) is 0 Å². The molecule has 2 aromatic rings. The van der Waals surface area contributed by atoms with Crippen molar-refractivity contribution in [3.8, 4) is 0 Å². The lowest BCUT2D eigenvalue weighted by molar-refractivity contribution is 0.249. The Kier molecular flexibility index (Phi) is 8.52. The average Bonchev–Trinajstić information content (AvgIpc) is 3.41. The van der Waals surface area contributed by atoms with Gasteiger partial charge in [0.2, 0.25) is 0 Å². The van der Waals surface area contributed by atoms with Gasteiger partial charge in [0.15, 0.2) is 5.96 Å². The molecule has 2 N–H and O–H groups in total. The van der Waals surface area contributed by atoms with Crippen LogP contribution in [0.2, 0.25) is 0 Å². The van der Waals surface area contributed by atoms with Crippen molar-refractivity contribution in [2.45, 2.75) is 38.9 Å². The first-order valence-corrected chi connectivity index (χ1v) is 11.6. The third kappa shape index (κ3) is 6.56. The largest absolute Gasteiger partial charge is 0.357 e. The third-order valence-electron chi connectivity index (χ3n) is 5.27. The van der Waals surface area contributed by atoms with Crippen molar-refractivity contribution in [1.82, 2.24) is 20.4 Å². The molecule has 29 heavy (non-hydrogen) atoms. The Labute approximate surface area is 179 Å². The van der Waals surface area contributed by atoms with Crippen molar-refractivity contribution in [3.05, 3.63) is 57.8 Å². The fourth-order valence-corrected chi connectivity index (χ4v) is 4.71. The number of aliphatic imine (C=N–C) groups is 1. The van der Waals surface area contributed by atoms with Crippen LogP contribution in [0.1, 0.15) is 41.8 Å². The van der Waals surface area contributed by atoms with Crippen LogP contribution in [0.3, 0.4) is 0 Å². The monoisotopic (exact) mass is 413 g/mol. The first-order chi connectivity index (χ1) is 14.2. The molecule has 1 fully saturated rings. The van der Waals surface area contributed by atoms with Crippen molar-refractivity contribution >= 4 is 17.3 Å². The second-order valence-corrected chi connectivity index (χ2v) is 8.84. The molecule has 0 amide bonds.